The van der Waals surface area contributed by atoms with Crippen molar-refractivity contribution >= 4 is 27.3 Å². The van der Waals surface area contributed by atoms with Crippen molar-refractivity contribution in [3.8, 4) is 0 Å². The molecule has 2 unspecified atom stereocenters. The second kappa shape index (κ2) is 5.52. The molecule has 0 bridgehead atoms. The Bertz CT molecular complexity index is 608. The van der Waals surface area contributed by atoms with Crippen molar-refractivity contribution in [2.24, 2.45) is 0 Å². The average molecular weight is 319 g/mol. The number of ether oxygens (including phenoxy) is 1. The second-order valence-corrected chi connectivity index (χ2v) is 7.53. The molecule has 5 nitrogen and oxygen atoms in total. The van der Waals surface area contributed by atoms with Crippen LogP contribution in [0.4, 0.5) is 5.69 Å². The maximum Gasteiger partial charge on any atom is 0.243 e. The third kappa shape index (κ3) is 2.93. The van der Waals surface area contributed by atoms with Gasteiger partial charge in [-0.05, 0) is 38.5 Å². The van der Waals surface area contributed by atoms with Crippen LogP contribution in [-0.2, 0) is 14.8 Å². The van der Waals surface area contributed by atoms with Gasteiger partial charge in [0.25, 0.3) is 0 Å². The summed E-state index contributed by atoms with van der Waals surface area (Å²) in [6.07, 6.45) is -0.253. The van der Waals surface area contributed by atoms with Crippen LogP contribution in [0, 0.1) is 6.92 Å². The number of hydrogen-bond donors (Lipinski definition) is 1. The average Bonchev–Trinajstić information content (AvgIpc) is 2.32. The van der Waals surface area contributed by atoms with Gasteiger partial charge in [0.15, 0.2) is 0 Å². The SMILES string of the molecule is Cc1cc(Cl)c(N)cc1S(=O)(=O)N1CC(C)OC(C)C1. The lowest BCUT2D eigenvalue weighted by Crippen LogP contribution is -2.48. The number of nitrogens with two attached hydrogens (primary N) is 1. The van der Waals surface area contributed by atoms with Gasteiger partial charge in [0.2, 0.25) is 10.0 Å². The monoisotopic (exact) mass is 318 g/mol. The van der Waals surface area contributed by atoms with Gasteiger partial charge >= 0.3 is 0 Å². The van der Waals surface area contributed by atoms with Crippen LogP contribution >= 0.6 is 11.6 Å². The molecule has 0 radical (unpaired) electrons. The summed E-state index contributed by atoms with van der Waals surface area (Å²) >= 11 is 5.91. The lowest BCUT2D eigenvalue weighted by atomic mass is 10.2. The molecule has 0 saturated carbocycles. The molecule has 112 valence electrons. The summed E-state index contributed by atoms with van der Waals surface area (Å²) < 4.78 is 32.5. The number of morpholine rings is 1. The molecule has 0 spiro atoms. The Hall–Kier alpha value is -0.820. The predicted molar refractivity (Wildman–Crippen MR) is 79.4 cm³/mol. The summed E-state index contributed by atoms with van der Waals surface area (Å²) in [5, 5.41) is 0.366. The number of benzene rings is 1. The highest BCUT2D eigenvalue weighted by Crippen LogP contribution is 2.29. The molecule has 1 saturated heterocycles. The van der Waals surface area contributed by atoms with E-state index in [0.717, 1.165) is 0 Å². The lowest BCUT2D eigenvalue weighted by Gasteiger charge is -2.34. The minimum absolute atomic E-state index is 0.126. The number of aryl methyl sites for hydroxylation is 1. The molecule has 0 amide bonds. The largest absolute Gasteiger partial charge is 0.397 e. The molecule has 0 aromatic heterocycles. The highest BCUT2D eigenvalue weighted by molar-refractivity contribution is 7.89. The quantitative estimate of drug-likeness (QED) is 0.847. The van der Waals surface area contributed by atoms with Crippen LogP contribution in [0.25, 0.3) is 0 Å². The molecule has 20 heavy (non-hydrogen) atoms. The van der Waals surface area contributed by atoms with Crippen LogP contribution < -0.4 is 5.73 Å². The molecule has 1 aromatic rings. The fourth-order valence-corrected chi connectivity index (χ4v) is 4.46. The number of rotatable bonds is 2. The molecule has 1 aliphatic rings. The zero-order valence-corrected chi connectivity index (χ0v) is 13.3. The normalized spacial score (nSPS) is 24.8. The minimum atomic E-state index is -3.58. The van der Waals surface area contributed by atoms with Crippen molar-refractivity contribution in [1.82, 2.24) is 4.31 Å². The van der Waals surface area contributed by atoms with E-state index in [4.69, 9.17) is 22.1 Å². The fourth-order valence-electron chi connectivity index (χ4n) is 2.41. The molecule has 0 aliphatic carbocycles. The van der Waals surface area contributed by atoms with E-state index < -0.39 is 10.0 Å². The van der Waals surface area contributed by atoms with Gasteiger partial charge in [-0.15, -0.1) is 0 Å². The first-order valence-corrected chi connectivity index (χ1v) is 8.25. The smallest absolute Gasteiger partial charge is 0.243 e. The molecule has 1 aliphatic heterocycles. The van der Waals surface area contributed by atoms with E-state index >= 15 is 0 Å². The molecule has 7 heteroatoms. The molecule has 2 atom stereocenters. The Morgan fingerprint density at radius 2 is 1.85 bits per heavy atom. The van der Waals surface area contributed by atoms with E-state index in [1.165, 1.54) is 10.4 Å². The second-order valence-electron chi connectivity index (χ2n) is 5.22. The van der Waals surface area contributed by atoms with Gasteiger partial charge in [0.1, 0.15) is 0 Å². The number of nitrogens with zero attached hydrogens (tertiary/aromatic N) is 1. The Morgan fingerprint density at radius 1 is 1.30 bits per heavy atom. The van der Waals surface area contributed by atoms with Gasteiger partial charge in [-0.3, -0.25) is 0 Å². The van der Waals surface area contributed by atoms with E-state index in [0.29, 0.717) is 23.7 Å². The zero-order valence-electron chi connectivity index (χ0n) is 11.8. The van der Waals surface area contributed by atoms with Gasteiger partial charge in [-0.2, -0.15) is 4.31 Å². The van der Waals surface area contributed by atoms with Crippen LogP contribution in [0.1, 0.15) is 19.4 Å². The first kappa shape index (κ1) is 15.6. The molecule has 2 rings (SSSR count). The van der Waals surface area contributed by atoms with Gasteiger partial charge in [0.05, 0.1) is 27.8 Å². The van der Waals surface area contributed by atoms with Gasteiger partial charge < -0.3 is 10.5 Å². The van der Waals surface area contributed by atoms with Gasteiger partial charge in [-0.1, -0.05) is 11.6 Å². The first-order chi connectivity index (χ1) is 9.21. The minimum Gasteiger partial charge on any atom is -0.397 e. The maximum atomic E-state index is 12.7. The third-order valence-electron chi connectivity index (χ3n) is 3.30. The summed E-state index contributed by atoms with van der Waals surface area (Å²) in [5.74, 6) is 0. The standard InChI is InChI=1S/C13H19ClN2O3S/c1-8-4-11(14)12(15)5-13(8)20(17,18)16-6-9(2)19-10(3)7-16/h4-5,9-10H,6-7,15H2,1-3H3. The highest BCUT2D eigenvalue weighted by Gasteiger charge is 2.33. The van der Waals surface area contributed by atoms with Crippen molar-refractivity contribution in [2.45, 2.75) is 37.9 Å². The van der Waals surface area contributed by atoms with Gasteiger partial charge in [0, 0.05) is 13.1 Å². The molecular weight excluding hydrogens is 300 g/mol. The van der Waals surface area contributed by atoms with Crippen LogP contribution in [0.5, 0.6) is 0 Å². The topological polar surface area (TPSA) is 72.6 Å². The van der Waals surface area contributed by atoms with E-state index in [1.54, 1.807) is 13.0 Å². The molecule has 2 N–H and O–H groups in total. The summed E-state index contributed by atoms with van der Waals surface area (Å²) in [4.78, 5) is 0.209. The molecular formula is C13H19ClN2O3S. The number of nitrogen functional groups attached to an aromatic ring is 1. The first-order valence-electron chi connectivity index (χ1n) is 6.43. The number of anilines is 1. The van der Waals surface area contributed by atoms with Crippen molar-refractivity contribution in [2.75, 3.05) is 18.8 Å². The highest BCUT2D eigenvalue weighted by atomic mass is 35.5. The Kier molecular flexibility index (Phi) is 4.30. The number of sulfonamides is 1. The molecule has 1 aromatic carbocycles. The van der Waals surface area contributed by atoms with E-state index in [-0.39, 0.29) is 22.8 Å². The van der Waals surface area contributed by atoms with Crippen molar-refractivity contribution in [3.05, 3.63) is 22.7 Å². The van der Waals surface area contributed by atoms with Crippen LogP contribution in [0.15, 0.2) is 17.0 Å². The van der Waals surface area contributed by atoms with Crippen LogP contribution in [-0.4, -0.2) is 38.0 Å². The van der Waals surface area contributed by atoms with Gasteiger partial charge in [-0.25, -0.2) is 8.42 Å². The summed E-state index contributed by atoms with van der Waals surface area (Å²) in [7, 11) is -3.58. The van der Waals surface area contributed by atoms with E-state index in [2.05, 4.69) is 0 Å². The van der Waals surface area contributed by atoms with E-state index in [1.807, 2.05) is 13.8 Å². The maximum absolute atomic E-state index is 12.7. The third-order valence-corrected chi connectivity index (χ3v) is 5.60. The van der Waals surface area contributed by atoms with Crippen molar-refractivity contribution < 1.29 is 13.2 Å². The summed E-state index contributed by atoms with van der Waals surface area (Å²) in [6.45, 7) is 6.12. The predicted octanol–water partition coefficient (Wildman–Crippen LogP) is 2.03. The fraction of sp³-hybridized carbons (Fsp3) is 0.538. The molecule has 1 heterocycles. The Morgan fingerprint density at radius 3 is 2.40 bits per heavy atom. The molecule has 1 fully saturated rings. The Labute approximate surface area is 124 Å². The summed E-state index contributed by atoms with van der Waals surface area (Å²) in [6, 6.07) is 3.01. The number of hydrogen-bond acceptors (Lipinski definition) is 4. The van der Waals surface area contributed by atoms with Crippen LogP contribution in [0.2, 0.25) is 5.02 Å². The lowest BCUT2D eigenvalue weighted by molar-refractivity contribution is -0.0440. The van der Waals surface area contributed by atoms with Crippen LogP contribution in [0.3, 0.4) is 0 Å². The van der Waals surface area contributed by atoms with E-state index in [9.17, 15) is 8.42 Å². The van der Waals surface area contributed by atoms with Crippen molar-refractivity contribution in [3.63, 3.8) is 0 Å². The zero-order chi connectivity index (χ0) is 15.1. The van der Waals surface area contributed by atoms with Crippen molar-refractivity contribution in [1.29, 1.82) is 0 Å². The Balaban J connectivity index is 2.42. The summed E-state index contributed by atoms with van der Waals surface area (Å²) in [5.41, 5.74) is 6.59. The number of halogens is 1.